The van der Waals surface area contributed by atoms with Crippen LogP contribution in [0.5, 0.6) is 0 Å². The second-order valence-corrected chi connectivity index (χ2v) is 7.66. The van der Waals surface area contributed by atoms with E-state index in [1.165, 1.54) is 30.3 Å². The van der Waals surface area contributed by atoms with Gasteiger partial charge in [0.1, 0.15) is 11.6 Å². The maximum Gasteiger partial charge on any atom is 0.254 e. The van der Waals surface area contributed by atoms with Crippen LogP contribution >= 0.6 is 0 Å². The van der Waals surface area contributed by atoms with E-state index in [1.807, 2.05) is 24.3 Å². The first-order valence-electron chi connectivity index (χ1n) is 10.2. The number of carbonyl (C=O) groups is 2. The fourth-order valence-electron chi connectivity index (χ4n) is 3.85. The molecule has 1 heterocycles. The van der Waals surface area contributed by atoms with Crippen LogP contribution in [0, 0.1) is 17.6 Å². The molecule has 0 aromatic heterocycles. The summed E-state index contributed by atoms with van der Waals surface area (Å²) >= 11 is 0. The minimum absolute atomic E-state index is 0.110. The third kappa shape index (κ3) is 4.97. The van der Waals surface area contributed by atoms with Gasteiger partial charge in [-0.3, -0.25) is 9.59 Å². The maximum absolute atomic E-state index is 13.5. The van der Waals surface area contributed by atoms with Gasteiger partial charge in [-0.2, -0.15) is 0 Å². The monoisotopic (exact) mass is 420 g/mol. The maximum atomic E-state index is 13.5. The van der Waals surface area contributed by atoms with E-state index in [0.717, 1.165) is 16.7 Å². The van der Waals surface area contributed by atoms with Gasteiger partial charge in [0.15, 0.2) is 0 Å². The van der Waals surface area contributed by atoms with Crippen molar-refractivity contribution in [2.24, 2.45) is 5.92 Å². The van der Waals surface area contributed by atoms with E-state index in [2.05, 4.69) is 5.32 Å². The molecule has 1 saturated heterocycles. The van der Waals surface area contributed by atoms with Crippen LogP contribution in [0.25, 0.3) is 11.1 Å². The van der Waals surface area contributed by atoms with Crippen LogP contribution < -0.4 is 5.32 Å². The molecule has 0 bridgehead atoms. The van der Waals surface area contributed by atoms with Crippen LogP contribution in [-0.4, -0.2) is 36.3 Å². The Hall–Kier alpha value is -3.54. The first-order chi connectivity index (χ1) is 15.0. The van der Waals surface area contributed by atoms with Crippen LogP contribution in [0.4, 0.5) is 8.78 Å². The lowest BCUT2D eigenvalue weighted by atomic mass is 9.95. The minimum atomic E-state index is -0.468. The molecule has 2 amide bonds. The summed E-state index contributed by atoms with van der Waals surface area (Å²) in [7, 11) is 0. The number of rotatable bonds is 4. The normalized spacial score (nSPS) is 16.5. The zero-order valence-electron chi connectivity index (χ0n) is 16.9. The molecular weight excluding hydrogens is 398 g/mol. The number of nitrogens with one attached hydrogen (secondary N) is 1. The molecule has 1 fully saturated rings. The van der Waals surface area contributed by atoms with Crippen molar-refractivity contribution in [3.05, 3.63) is 95.6 Å². The Balaban J connectivity index is 1.53. The molecule has 0 saturated carbocycles. The van der Waals surface area contributed by atoms with Crippen LogP contribution in [0.3, 0.4) is 0 Å². The summed E-state index contributed by atoms with van der Waals surface area (Å²) in [6.07, 6.45) is 0.452. The van der Waals surface area contributed by atoms with Gasteiger partial charge in [0.2, 0.25) is 5.91 Å². The zero-order chi connectivity index (χ0) is 21.8. The van der Waals surface area contributed by atoms with Gasteiger partial charge in [-0.15, -0.1) is 0 Å². The van der Waals surface area contributed by atoms with Crippen molar-refractivity contribution in [3.8, 4) is 11.1 Å². The Labute approximate surface area is 179 Å². The van der Waals surface area contributed by atoms with E-state index >= 15 is 0 Å². The Kier molecular flexibility index (Phi) is 6.07. The minimum Gasteiger partial charge on any atom is -0.354 e. The lowest BCUT2D eigenvalue weighted by Crippen LogP contribution is -2.37. The van der Waals surface area contributed by atoms with Crippen LogP contribution in [0.15, 0.2) is 72.8 Å². The van der Waals surface area contributed by atoms with Gasteiger partial charge in [0, 0.05) is 25.2 Å². The lowest BCUT2D eigenvalue weighted by Gasteiger charge is -2.23. The standard InChI is InChI=1S/C25H22F2N2O2/c26-22-9-7-18(8-10-22)19-4-1-3-17(13-19)14-21-16-29(12-11-28-24(21)30)25(31)20-5-2-6-23(27)15-20/h1-10,13,15,21H,11-12,14,16H2,(H,28,30)/t21-/m0/s1. The van der Waals surface area contributed by atoms with Crippen molar-refractivity contribution in [1.82, 2.24) is 10.2 Å². The number of halogens is 2. The molecule has 0 unspecified atom stereocenters. The van der Waals surface area contributed by atoms with Crippen LogP contribution in [0.2, 0.25) is 0 Å². The Morgan fingerprint density at radius 3 is 2.48 bits per heavy atom. The first-order valence-corrected chi connectivity index (χ1v) is 10.2. The van der Waals surface area contributed by atoms with Crippen molar-refractivity contribution < 1.29 is 18.4 Å². The molecule has 1 aliphatic heterocycles. The largest absolute Gasteiger partial charge is 0.354 e. The second-order valence-electron chi connectivity index (χ2n) is 7.66. The topological polar surface area (TPSA) is 49.4 Å². The second kappa shape index (κ2) is 9.08. The summed E-state index contributed by atoms with van der Waals surface area (Å²) in [5.41, 5.74) is 3.03. The summed E-state index contributed by atoms with van der Waals surface area (Å²) in [6.45, 7) is 0.973. The van der Waals surface area contributed by atoms with Crippen molar-refractivity contribution in [3.63, 3.8) is 0 Å². The molecule has 3 aromatic carbocycles. The van der Waals surface area contributed by atoms with Crippen LogP contribution in [-0.2, 0) is 11.2 Å². The lowest BCUT2D eigenvalue weighted by molar-refractivity contribution is -0.124. The van der Waals surface area contributed by atoms with Gasteiger partial charge in [-0.05, 0) is 53.4 Å². The number of carbonyl (C=O) groups excluding carboxylic acids is 2. The fraction of sp³-hybridized carbons (Fsp3) is 0.200. The molecule has 4 nitrogen and oxygen atoms in total. The third-order valence-electron chi connectivity index (χ3n) is 5.44. The predicted octanol–water partition coefficient (Wildman–Crippen LogP) is 4.06. The summed E-state index contributed by atoms with van der Waals surface area (Å²) in [6, 6.07) is 19.6. The van der Waals surface area contributed by atoms with E-state index in [-0.39, 0.29) is 29.7 Å². The Bertz CT molecular complexity index is 1100. The quantitative estimate of drug-likeness (QED) is 0.692. The highest BCUT2D eigenvalue weighted by Crippen LogP contribution is 2.23. The molecule has 1 N–H and O–H groups in total. The number of hydrogen-bond donors (Lipinski definition) is 1. The Morgan fingerprint density at radius 2 is 1.71 bits per heavy atom. The van der Waals surface area contributed by atoms with Gasteiger partial charge in [0.25, 0.3) is 5.91 Å². The van der Waals surface area contributed by atoms with Crippen molar-refractivity contribution in [2.75, 3.05) is 19.6 Å². The van der Waals surface area contributed by atoms with E-state index in [4.69, 9.17) is 0 Å². The van der Waals surface area contributed by atoms with Gasteiger partial charge in [-0.1, -0.05) is 42.5 Å². The molecule has 3 aromatic rings. The molecule has 31 heavy (non-hydrogen) atoms. The van der Waals surface area contributed by atoms with Gasteiger partial charge in [0.05, 0.1) is 5.92 Å². The molecule has 158 valence electrons. The van der Waals surface area contributed by atoms with Crippen LogP contribution in [0.1, 0.15) is 15.9 Å². The molecule has 0 aliphatic carbocycles. The van der Waals surface area contributed by atoms with E-state index in [0.29, 0.717) is 19.5 Å². The summed E-state index contributed by atoms with van der Waals surface area (Å²) < 4.78 is 26.8. The molecule has 0 spiro atoms. The summed E-state index contributed by atoms with van der Waals surface area (Å²) in [4.78, 5) is 27.1. The highest BCUT2D eigenvalue weighted by molar-refractivity contribution is 5.95. The molecule has 6 heteroatoms. The van der Waals surface area contributed by atoms with Gasteiger partial charge >= 0.3 is 0 Å². The Morgan fingerprint density at radius 1 is 0.935 bits per heavy atom. The van der Waals surface area contributed by atoms with Gasteiger partial charge in [-0.25, -0.2) is 8.78 Å². The van der Waals surface area contributed by atoms with E-state index in [1.54, 1.807) is 23.1 Å². The summed E-state index contributed by atoms with van der Waals surface area (Å²) in [5.74, 6) is -1.59. The molecule has 4 rings (SSSR count). The highest BCUT2D eigenvalue weighted by atomic mass is 19.1. The predicted molar refractivity (Wildman–Crippen MR) is 114 cm³/mol. The molecule has 1 aliphatic rings. The fourth-order valence-corrected chi connectivity index (χ4v) is 3.85. The van der Waals surface area contributed by atoms with E-state index in [9.17, 15) is 18.4 Å². The molecule has 1 atom stereocenters. The van der Waals surface area contributed by atoms with Gasteiger partial charge < -0.3 is 10.2 Å². The van der Waals surface area contributed by atoms with Crippen molar-refractivity contribution in [1.29, 1.82) is 0 Å². The SMILES string of the molecule is O=C1NCCN(C(=O)c2cccc(F)c2)C[C@@H]1Cc1cccc(-c2ccc(F)cc2)c1. The summed E-state index contributed by atoms with van der Waals surface area (Å²) in [5, 5.41) is 2.87. The molecular formula is C25H22F2N2O2. The third-order valence-corrected chi connectivity index (χ3v) is 5.44. The average molecular weight is 420 g/mol. The van der Waals surface area contributed by atoms with E-state index < -0.39 is 11.7 Å². The smallest absolute Gasteiger partial charge is 0.254 e. The number of benzene rings is 3. The number of amides is 2. The zero-order valence-corrected chi connectivity index (χ0v) is 16.9. The first kappa shape index (κ1) is 20.7. The number of hydrogen-bond acceptors (Lipinski definition) is 2. The average Bonchev–Trinajstić information content (AvgIpc) is 2.95. The van der Waals surface area contributed by atoms with Crippen molar-refractivity contribution >= 4 is 11.8 Å². The molecule has 0 radical (unpaired) electrons. The number of nitrogens with zero attached hydrogens (tertiary/aromatic N) is 1. The highest BCUT2D eigenvalue weighted by Gasteiger charge is 2.28. The van der Waals surface area contributed by atoms with Crippen molar-refractivity contribution in [2.45, 2.75) is 6.42 Å².